The molecular weight excluding hydrogens is 304 g/mol. The van der Waals surface area contributed by atoms with Crippen LogP contribution in [0, 0.1) is 0 Å². The van der Waals surface area contributed by atoms with Crippen molar-refractivity contribution in [3.8, 4) is 0 Å². The first kappa shape index (κ1) is 16.7. The summed E-state index contributed by atoms with van der Waals surface area (Å²) in [5.41, 5.74) is 1.98. The quantitative estimate of drug-likeness (QED) is 0.863. The highest BCUT2D eigenvalue weighted by atomic mass is 16.2. The average molecular weight is 330 g/mol. The van der Waals surface area contributed by atoms with Gasteiger partial charge in [-0.25, -0.2) is 9.78 Å². The van der Waals surface area contributed by atoms with E-state index in [1.807, 2.05) is 6.20 Å². The van der Waals surface area contributed by atoms with Crippen LogP contribution in [0.2, 0.25) is 0 Å². The Hall–Kier alpha value is -2.11. The number of fused-ring (bicyclic) bond motifs is 1. The van der Waals surface area contributed by atoms with Crippen LogP contribution >= 0.6 is 0 Å². The molecule has 24 heavy (non-hydrogen) atoms. The van der Waals surface area contributed by atoms with Crippen molar-refractivity contribution in [2.45, 2.75) is 52.0 Å². The van der Waals surface area contributed by atoms with Crippen molar-refractivity contribution in [1.29, 1.82) is 0 Å². The van der Waals surface area contributed by atoms with E-state index in [-0.39, 0.29) is 11.2 Å². The van der Waals surface area contributed by atoms with E-state index in [1.165, 1.54) is 15.6 Å². The number of hydrogen-bond donors (Lipinski definition) is 0. The van der Waals surface area contributed by atoms with E-state index in [4.69, 9.17) is 0 Å². The SMILES string of the molecule is CCc1cnc2c(c1N1CCCCC1CC)c(=O)n(C)c(=O)n2C. The van der Waals surface area contributed by atoms with Crippen molar-refractivity contribution in [3.63, 3.8) is 0 Å². The molecule has 0 aliphatic carbocycles. The fourth-order valence-corrected chi connectivity index (χ4v) is 3.86. The van der Waals surface area contributed by atoms with Gasteiger partial charge in [0.15, 0.2) is 5.65 Å². The zero-order valence-electron chi connectivity index (χ0n) is 15.0. The number of piperidine rings is 1. The van der Waals surface area contributed by atoms with E-state index < -0.39 is 0 Å². The van der Waals surface area contributed by atoms with Gasteiger partial charge in [0.2, 0.25) is 0 Å². The number of aryl methyl sites for hydroxylation is 2. The molecule has 2 aromatic rings. The molecule has 1 unspecified atom stereocenters. The second kappa shape index (κ2) is 6.42. The lowest BCUT2D eigenvalue weighted by molar-refractivity contribution is 0.450. The van der Waals surface area contributed by atoms with Crippen LogP contribution in [0.25, 0.3) is 11.0 Å². The molecule has 0 amide bonds. The Morgan fingerprint density at radius 2 is 1.92 bits per heavy atom. The Bertz CT molecular complexity index is 881. The Labute approximate surface area is 141 Å². The van der Waals surface area contributed by atoms with Gasteiger partial charge in [0.1, 0.15) is 5.39 Å². The molecule has 6 heteroatoms. The Kier molecular flexibility index (Phi) is 4.47. The molecular formula is C18H26N4O2. The van der Waals surface area contributed by atoms with Crippen LogP contribution in [-0.2, 0) is 20.5 Å². The van der Waals surface area contributed by atoms with Gasteiger partial charge in [-0.2, -0.15) is 0 Å². The molecule has 3 rings (SSSR count). The lowest BCUT2D eigenvalue weighted by Gasteiger charge is -2.38. The predicted octanol–water partition coefficient (Wildman–Crippen LogP) is 1.96. The molecule has 1 fully saturated rings. The molecule has 6 nitrogen and oxygen atoms in total. The van der Waals surface area contributed by atoms with E-state index in [1.54, 1.807) is 14.1 Å². The van der Waals surface area contributed by atoms with Crippen molar-refractivity contribution in [2.75, 3.05) is 11.4 Å². The maximum absolute atomic E-state index is 12.9. The number of pyridine rings is 1. The van der Waals surface area contributed by atoms with Crippen LogP contribution in [0.5, 0.6) is 0 Å². The lowest BCUT2D eigenvalue weighted by Crippen LogP contribution is -2.42. The van der Waals surface area contributed by atoms with Crippen molar-refractivity contribution in [2.24, 2.45) is 14.1 Å². The van der Waals surface area contributed by atoms with E-state index >= 15 is 0 Å². The normalized spacial score (nSPS) is 18.3. The summed E-state index contributed by atoms with van der Waals surface area (Å²) in [5.74, 6) is 0. The van der Waals surface area contributed by atoms with Crippen molar-refractivity contribution in [1.82, 2.24) is 14.1 Å². The third-order valence-electron chi connectivity index (χ3n) is 5.28. The van der Waals surface area contributed by atoms with Gasteiger partial charge in [0.05, 0.1) is 5.69 Å². The van der Waals surface area contributed by atoms with Crippen molar-refractivity contribution < 1.29 is 0 Å². The number of rotatable bonds is 3. The molecule has 1 atom stereocenters. The zero-order chi connectivity index (χ0) is 17.4. The summed E-state index contributed by atoms with van der Waals surface area (Å²) in [4.78, 5) is 32.0. The van der Waals surface area contributed by atoms with E-state index in [9.17, 15) is 9.59 Å². The first-order chi connectivity index (χ1) is 11.5. The van der Waals surface area contributed by atoms with Crippen molar-refractivity contribution in [3.05, 3.63) is 32.6 Å². The second-order valence-corrected chi connectivity index (χ2v) is 6.64. The molecule has 2 aromatic heterocycles. The van der Waals surface area contributed by atoms with Gasteiger partial charge < -0.3 is 4.90 Å². The molecule has 0 aromatic carbocycles. The molecule has 130 valence electrons. The summed E-state index contributed by atoms with van der Waals surface area (Å²) in [6.07, 6.45) is 7.22. The number of aromatic nitrogens is 3. The average Bonchev–Trinajstić information content (AvgIpc) is 2.63. The lowest BCUT2D eigenvalue weighted by atomic mass is 9.97. The largest absolute Gasteiger partial charge is 0.368 e. The minimum atomic E-state index is -0.333. The Morgan fingerprint density at radius 3 is 2.58 bits per heavy atom. The second-order valence-electron chi connectivity index (χ2n) is 6.64. The monoisotopic (exact) mass is 330 g/mol. The molecule has 1 aliphatic heterocycles. The highest BCUT2D eigenvalue weighted by Crippen LogP contribution is 2.33. The molecule has 0 spiro atoms. The smallest absolute Gasteiger partial charge is 0.332 e. The van der Waals surface area contributed by atoms with Gasteiger partial charge in [-0.3, -0.25) is 13.9 Å². The third kappa shape index (κ3) is 2.44. The zero-order valence-corrected chi connectivity index (χ0v) is 15.0. The number of anilines is 1. The van der Waals surface area contributed by atoms with E-state index in [0.29, 0.717) is 17.1 Å². The Morgan fingerprint density at radius 1 is 1.17 bits per heavy atom. The maximum Gasteiger partial charge on any atom is 0.332 e. The van der Waals surface area contributed by atoms with Gasteiger partial charge >= 0.3 is 5.69 Å². The van der Waals surface area contributed by atoms with E-state index in [0.717, 1.165) is 43.5 Å². The summed E-state index contributed by atoms with van der Waals surface area (Å²) in [6.45, 7) is 5.24. The first-order valence-electron chi connectivity index (χ1n) is 8.85. The molecule has 0 radical (unpaired) electrons. The fourth-order valence-electron chi connectivity index (χ4n) is 3.86. The number of hydrogen-bond acceptors (Lipinski definition) is 4. The van der Waals surface area contributed by atoms with Gasteiger partial charge in [0.25, 0.3) is 5.56 Å². The molecule has 1 aliphatic rings. The molecule has 0 bridgehead atoms. The Balaban J connectivity index is 2.40. The van der Waals surface area contributed by atoms with Gasteiger partial charge in [-0.15, -0.1) is 0 Å². The summed E-state index contributed by atoms with van der Waals surface area (Å²) in [7, 11) is 3.22. The van der Waals surface area contributed by atoms with Crippen LogP contribution in [-0.4, -0.2) is 26.7 Å². The van der Waals surface area contributed by atoms with Gasteiger partial charge in [-0.05, 0) is 37.7 Å². The summed E-state index contributed by atoms with van der Waals surface area (Å²) in [6, 6.07) is 0.441. The molecule has 0 N–H and O–H groups in total. The standard InChI is InChI=1S/C18H26N4O2/c1-5-12-11-19-16-14(17(23)21(4)18(24)20(16)3)15(12)22-10-8-7-9-13(22)6-2/h11,13H,5-10H2,1-4H3. The maximum atomic E-state index is 12.9. The topological polar surface area (TPSA) is 60.1 Å². The van der Waals surface area contributed by atoms with Crippen LogP contribution in [0.4, 0.5) is 5.69 Å². The third-order valence-corrected chi connectivity index (χ3v) is 5.28. The van der Waals surface area contributed by atoms with Crippen molar-refractivity contribution >= 4 is 16.7 Å². The summed E-state index contributed by atoms with van der Waals surface area (Å²) in [5, 5.41) is 0.583. The van der Waals surface area contributed by atoms with Gasteiger partial charge in [0, 0.05) is 32.9 Å². The number of nitrogens with zero attached hydrogens (tertiary/aromatic N) is 4. The summed E-state index contributed by atoms with van der Waals surface area (Å²) >= 11 is 0. The van der Waals surface area contributed by atoms with Gasteiger partial charge in [-0.1, -0.05) is 13.8 Å². The predicted molar refractivity (Wildman–Crippen MR) is 96.9 cm³/mol. The highest BCUT2D eigenvalue weighted by Gasteiger charge is 2.27. The summed E-state index contributed by atoms with van der Waals surface area (Å²) < 4.78 is 2.67. The molecule has 3 heterocycles. The first-order valence-corrected chi connectivity index (χ1v) is 8.85. The van der Waals surface area contributed by atoms with Crippen LogP contribution < -0.4 is 16.1 Å². The minimum absolute atomic E-state index is 0.244. The molecule has 0 saturated carbocycles. The van der Waals surface area contributed by atoms with Crippen LogP contribution in [0.1, 0.15) is 45.1 Å². The highest BCUT2D eigenvalue weighted by molar-refractivity contribution is 5.91. The van der Waals surface area contributed by atoms with Crippen LogP contribution in [0.15, 0.2) is 15.8 Å². The van der Waals surface area contributed by atoms with Crippen LogP contribution in [0.3, 0.4) is 0 Å². The van der Waals surface area contributed by atoms with E-state index in [2.05, 4.69) is 23.7 Å². The molecule has 1 saturated heterocycles. The minimum Gasteiger partial charge on any atom is -0.368 e. The fraction of sp³-hybridized carbons (Fsp3) is 0.611.